The van der Waals surface area contributed by atoms with Gasteiger partial charge in [0, 0.05) is 11.9 Å². The van der Waals surface area contributed by atoms with Crippen molar-refractivity contribution in [2.45, 2.75) is 40.0 Å². The first kappa shape index (κ1) is 12.0. The summed E-state index contributed by atoms with van der Waals surface area (Å²) in [5.74, 6) is 0.889. The Morgan fingerprint density at radius 1 is 1.29 bits per heavy atom. The van der Waals surface area contributed by atoms with Gasteiger partial charge in [-0.2, -0.15) is 0 Å². The first-order valence-electron chi connectivity index (χ1n) is 6.31. The molecule has 0 bridgehead atoms. The van der Waals surface area contributed by atoms with Gasteiger partial charge in [-0.15, -0.1) is 0 Å². The molecule has 3 heteroatoms. The summed E-state index contributed by atoms with van der Waals surface area (Å²) < 4.78 is 7.89. The van der Waals surface area contributed by atoms with Crippen molar-refractivity contribution in [2.24, 2.45) is 0 Å². The lowest BCUT2D eigenvalue weighted by molar-refractivity contribution is 0.308. The summed E-state index contributed by atoms with van der Waals surface area (Å²) in [6.45, 7) is 7.08. The molecule has 2 aromatic rings. The second-order valence-electron chi connectivity index (χ2n) is 4.40. The summed E-state index contributed by atoms with van der Waals surface area (Å²) in [6.07, 6.45) is 5.57. The van der Waals surface area contributed by atoms with Gasteiger partial charge in [-0.1, -0.05) is 19.8 Å². The Labute approximate surface area is 102 Å². The average Bonchev–Trinajstić information content (AvgIpc) is 2.62. The second kappa shape index (κ2) is 5.21. The van der Waals surface area contributed by atoms with Crippen molar-refractivity contribution in [3.63, 3.8) is 0 Å². The van der Waals surface area contributed by atoms with Crippen LogP contribution < -0.4 is 4.74 Å². The van der Waals surface area contributed by atoms with Crippen LogP contribution >= 0.6 is 0 Å². The molecule has 0 spiro atoms. The molecule has 0 fully saturated rings. The number of hydrogen-bond acceptors (Lipinski definition) is 2. The van der Waals surface area contributed by atoms with E-state index in [9.17, 15) is 0 Å². The number of hydrogen-bond donors (Lipinski definition) is 0. The van der Waals surface area contributed by atoms with E-state index < -0.39 is 0 Å². The van der Waals surface area contributed by atoms with Crippen molar-refractivity contribution >= 4 is 5.65 Å². The maximum atomic E-state index is 5.81. The number of aryl methyl sites for hydroxylation is 2. The average molecular weight is 232 g/mol. The van der Waals surface area contributed by atoms with Gasteiger partial charge < -0.3 is 9.14 Å². The van der Waals surface area contributed by atoms with E-state index in [2.05, 4.69) is 23.2 Å². The smallest absolute Gasteiger partial charge is 0.180 e. The van der Waals surface area contributed by atoms with Crippen LogP contribution in [0.4, 0.5) is 0 Å². The van der Waals surface area contributed by atoms with Crippen LogP contribution in [0.3, 0.4) is 0 Å². The third-order valence-corrected chi connectivity index (χ3v) is 3.10. The Balaban J connectivity index is 2.19. The third-order valence-electron chi connectivity index (χ3n) is 3.10. The van der Waals surface area contributed by atoms with Gasteiger partial charge in [-0.25, -0.2) is 4.98 Å². The van der Waals surface area contributed by atoms with E-state index in [4.69, 9.17) is 4.74 Å². The van der Waals surface area contributed by atoms with E-state index in [1.165, 1.54) is 18.5 Å². The van der Waals surface area contributed by atoms with Gasteiger partial charge in [0.1, 0.15) is 0 Å². The fourth-order valence-corrected chi connectivity index (χ4v) is 1.92. The molecule has 0 saturated carbocycles. The summed E-state index contributed by atoms with van der Waals surface area (Å²) in [5, 5.41) is 0. The molecule has 0 aromatic carbocycles. The zero-order chi connectivity index (χ0) is 12.3. The molecule has 92 valence electrons. The molecule has 0 aliphatic rings. The molecule has 3 nitrogen and oxygen atoms in total. The van der Waals surface area contributed by atoms with Crippen molar-refractivity contribution in [1.29, 1.82) is 0 Å². The lowest BCUT2D eigenvalue weighted by Gasteiger charge is -2.07. The van der Waals surface area contributed by atoms with Crippen molar-refractivity contribution in [2.75, 3.05) is 6.61 Å². The molecule has 17 heavy (non-hydrogen) atoms. The fraction of sp³-hybridized carbons (Fsp3) is 0.500. The van der Waals surface area contributed by atoms with Crippen LogP contribution in [0.25, 0.3) is 5.65 Å². The highest BCUT2D eigenvalue weighted by molar-refractivity contribution is 5.55. The molecule has 2 aromatic heterocycles. The minimum atomic E-state index is 0.776. The fourth-order valence-electron chi connectivity index (χ4n) is 1.92. The van der Waals surface area contributed by atoms with E-state index in [1.807, 2.05) is 25.3 Å². The highest BCUT2D eigenvalue weighted by Crippen LogP contribution is 2.21. The van der Waals surface area contributed by atoms with Crippen molar-refractivity contribution in [3.8, 4) is 5.75 Å². The van der Waals surface area contributed by atoms with Gasteiger partial charge in [0.05, 0.1) is 12.3 Å². The molecule has 0 radical (unpaired) electrons. The SMILES string of the molecule is CCCCCOc1cccn2c(C)c(C)nc12. The van der Waals surface area contributed by atoms with Crippen molar-refractivity contribution < 1.29 is 4.74 Å². The molecule has 2 rings (SSSR count). The first-order chi connectivity index (χ1) is 8.24. The molecule has 0 aliphatic carbocycles. The first-order valence-corrected chi connectivity index (χ1v) is 6.31. The molecule has 0 N–H and O–H groups in total. The van der Waals surface area contributed by atoms with Crippen LogP contribution in [0, 0.1) is 13.8 Å². The van der Waals surface area contributed by atoms with Crippen LogP contribution in [0.5, 0.6) is 5.75 Å². The second-order valence-corrected chi connectivity index (χ2v) is 4.40. The standard InChI is InChI=1S/C14H20N2O/c1-4-5-6-10-17-13-8-7-9-16-12(3)11(2)15-14(13)16/h7-9H,4-6,10H2,1-3H3. The largest absolute Gasteiger partial charge is 0.490 e. The maximum absolute atomic E-state index is 5.81. The van der Waals surface area contributed by atoms with Gasteiger partial charge >= 0.3 is 0 Å². The topological polar surface area (TPSA) is 26.5 Å². The summed E-state index contributed by atoms with van der Waals surface area (Å²) in [5.41, 5.74) is 3.17. The lowest BCUT2D eigenvalue weighted by Crippen LogP contribution is -1.99. The molecule has 0 amide bonds. The highest BCUT2D eigenvalue weighted by atomic mass is 16.5. The molecule has 0 aliphatic heterocycles. The van der Waals surface area contributed by atoms with Crippen molar-refractivity contribution in [1.82, 2.24) is 9.38 Å². The molecule has 0 atom stereocenters. The van der Waals surface area contributed by atoms with E-state index in [-0.39, 0.29) is 0 Å². The van der Waals surface area contributed by atoms with E-state index in [1.54, 1.807) is 0 Å². The Bertz CT molecular complexity index is 502. The van der Waals surface area contributed by atoms with Crippen LogP contribution in [0.1, 0.15) is 37.6 Å². The zero-order valence-corrected chi connectivity index (χ0v) is 10.9. The number of unbranched alkanes of at least 4 members (excludes halogenated alkanes) is 2. The minimum Gasteiger partial charge on any atom is -0.490 e. The molecule has 0 saturated heterocycles. The van der Waals surface area contributed by atoms with Gasteiger partial charge in [0.15, 0.2) is 11.4 Å². The van der Waals surface area contributed by atoms with E-state index in [0.29, 0.717) is 0 Å². The normalized spacial score (nSPS) is 11.0. The Hall–Kier alpha value is -1.51. The Kier molecular flexibility index (Phi) is 3.67. The molecular weight excluding hydrogens is 212 g/mol. The Morgan fingerprint density at radius 3 is 2.88 bits per heavy atom. The number of ether oxygens (including phenoxy) is 1. The number of imidazole rings is 1. The van der Waals surface area contributed by atoms with Gasteiger partial charge in [-0.3, -0.25) is 0 Å². The Morgan fingerprint density at radius 2 is 2.12 bits per heavy atom. The van der Waals surface area contributed by atoms with E-state index in [0.717, 1.165) is 30.1 Å². The summed E-state index contributed by atoms with van der Waals surface area (Å²) in [4.78, 5) is 4.55. The molecule has 2 heterocycles. The van der Waals surface area contributed by atoms with Gasteiger partial charge in [0.2, 0.25) is 0 Å². The maximum Gasteiger partial charge on any atom is 0.180 e. The quantitative estimate of drug-likeness (QED) is 0.737. The monoisotopic (exact) mass is 232 g/mol. The van der Waals surface area contributed by atoms with Crippen LogP contribution in [-0.4, -0.2) is 16.0 Å². The van der Waals surface area contributed by atoms with Gasteiger partial charge in [-0.05, 0) is 32.4 Å². The third kappa shape index (κ3) is 2.43. The number of aromatic nitrogens is 2. The number of fused-ring (bicyclic) bond motifs is 1. The number of pyridine rings is 1. The van der Waals surface area contributed by atoms with Crippen LogP contribution in [0.15, 0.2) is 18.3 Å². The van der Waals surface area contributed by atoms with E-state index >= 15 is 0 Å². The zero-order valence-electron chi connectivity index (χ0n) is 10.9. The number of nitrogens with zero attached hydrogens (tertiary/aromatic N) is 2. The predicted molar refractivity (Wildman–Crippen MR) is 69.7 cm³/mol. The predicted octanol–water partition coefficient (Wildman–Crippen LogP) is 3.52. The lowest BCUT2D eigenvalue weighted by atomic mass is 10.3. The summed E-state index contributed by atoms with van der Waals surface area (Å²) in [7, 11) is 0. The highest BCUT2D eigenvalue weighted by Gasteiger charge is 2.08. The number of rotatable bonds is 5. The summed E-state index contributed by atoms with van der Waals surface area (Å²) >= 11 is 0. The van der Waals surface area contributed by atoms with Crippen LogP contribution in [-0.2, 0) is 0 Å². The molecule has 0 unspecified atom stereocenters. The van der Waals surface area contributed by atoms with Crippen molar-refractivity contribution in [3.05, 3.63) is 29.7 Å². The van der Waals surface area contributed by atoms with Crippen LogP contribution in [0.2, 0.25) is 0 Å². The minimum absolute atomic E-state index is 0.776. The summed E-state index contributed by atoms with van der Waals surface area (Å²) in [6, 6.07) is 4.00. The van der Waals surface area contributed by atoms with Gasteiger partial charge in [0.25, 0.3) is 0 Å². The molecular formula is C14H20N2O.